The van der Waals surface area contributed by atoms with E-state index in [2.05, 4.69) is 9.05 Å². The largest absolute Gasteiger partial charge is 0.472 e. The number of rotatable bonds is 4. The molecule has 0 heterocycles. The molecule has 4 nitrogen and oxygen atoms in total. The highest BCUT2D eigenvalue weighted by Gasteiger charge is 2.28. The van der Waals surface area contributed by atoms with Gasteiger partial charge < -0.3 is 4.89 Å². The van der Waals surface area contributed by atoms with E-state index in [9.17, 15) is 4.57 Å². The van der Waals surface area contributed by atoms with E-state index in [0.29, 0.717) is 0 Å². The molecule has 8 heteroatoms. The van der Waals surface area contributed by atoms with E-state index in [1.54, 1.807) is 6.92 Å². The van der Waals surface area contributed by atoms with Crippen LogP contribution in [0, 0.1) is 0 Å². The minimum atomic E-state index is -4.04. The van der Waals surface area contributed by atoms with Crippen LogP contribution >= 0.6 is 42.6 Å². The van der Waals surface area contributed by atoms with Crippen LogP contribution in [0.15, 0.2) is 0 Å². The van der Waals surface area contributed by atoms with Gasteiger partial charge in [-0.15, -0.1) is 0 Å². The minimum Gasteiger partial charge on any atom is -0.302 e. The zero-order valence-electron chi connectivity index (χ0n) is 6.17. The summed E-state index contributed by atoms with van der Waals surface area (Å²) < 4.78 is 17.7. The van der Waals surface area contributed by atoms with Crippen molar-refractivity contribution in [3.05, 3.63) is 0 Å². The molecular formula is C4H8Cl3O4P. The van der Waals surface area contributed by atoms with Gasteiger partial charge in [-0.1, -0.05) is 34.8 Å². The quantitative estimate of drug-likeness (QED) is 0.621. The lowest BCUT2D eigenvalue weighted by molar-refractivity contribution is 0.157. The van der Waals surface area contributed by atoms with Crippen molar-refractivity contribution in [1.29, 1.82) is 0 Å². The third kappa shape index (κ3) is 7.62. The topological polar surface area (TPSA) is 55.8 Å². The fourth-order valence-corrected chi connectivity index (χ4v) is 1.50. The standard InChI is InChI=1S/C4H8Cl3O4P/c1-2-10-12(8,9)11-3-4(5,6)7/h2-3H2,1H3,(H,8,9). The normalized spacial score (nSPS) is 17.4. The van der Waals surface area contributed by atoms with Gasteiger partial charge in [-0.2, -0.15) is 0 Å². The summed E-state index contributed by atoms with van der Waals surface area (Å²) in [7, 11) is -4.04. The van der Waals surface area contributed by atoms with Crippen LogP contribution in [-0.4, -0.2) is 21.9 Å². The van der Waals surface area contributed by atoms with Crippen LogP contribution in [0.25, 0.3) is 0 Å². The summed E-state index contributed by atoms with van der Waals surface area (Å²) in [4.78, 5) is 8.81. The van der Waals surface area contributed by atoms with Crippen LogP contribution in [0.4, 0.5) is 0 Å². The smallest absolute Gasteiger partial charge is 0.302 e. The van der Waals surface area contributed by atoms with Crippen molar-refractivity contribution in [2.24, 2.45) is 0 Å². The van der Waals surface area contributed by atoms with E-state index >= 15 is 0 Å². The Balaban J connectivity index is 3.84. The third-order valence-corrected chi connectivity index (χ3v) is 2.05. The fourth-order valence-electron chi connectivity index (χ4n) is 0.355. The molecule has 0 bridgehead atoms. The molecule has 0 fully saturated rings. The predicted octanol–water partition coefficient (Wildman–Crippen LogP) is 2.51. The molecule has 0 aromatic heterocycles. The number of hydrogen-bond donors (Lipinski definition) is 1. The molecule has 0 radical (unpaired) electrons. The lowest BCUT2D eigenvalue weighted by atomic mass is 10.9. The van der Waals surface area contributed by atoms with Gasteiger partial charge >= 0.3 is 7.82 Å². The van der Waals surface area contributed by atoms with E-state index in [1.807, 2.05) is 0 Å². The van der Waals surface area contributed by atoms with Crippen LogP contribution in [0.1, 0.15) is 6.92 Å². The summed E-state index contributed by atoms with van der Waals surface area (Å²) in [5, 5.41) is 0. The zero-order chi connectivity index (χ0) is 9.83. The Morgan fingerprint density at radius 1 is 1.42 bits per heavy atom. The number of alkyl halides is 3. The maximum Gasteiger partial charge on any atom is 0.472 e. The summed E-state index contributed by atoms with van der Waals surface area (Å²) >= 11 is 15.8. The Labute approximate surface area is 85.3 Å². The number of phosphoric ester groups is 1. The molecule has 1 unspecified atom stereocenters. The molecule has 12 heavy (non-hydrogen) atoms. The van der Waals surface area contributed by atoms with Crippen LogP contribution in [0.2, 0.25) is 0 Å². The summed E-state index contributed by atoms with van der Waals surface area (Å²) in [5.74, 6) is 0. The highest BCUT2D eigenvalue weighted by Crippen LogP contribution is 2.45. The predicted molar refractivity (Wildman–Crippen MR) is 47.7 cm³/mol. The summed E-state index contributed by atoms with van der Waals surface area (Å²) in [5.41, 5.74) is 0. The maximum atomic E-state index is 10.8. The van der Waals surface area contributed by atoms with E-state index in [-0.39, 0.29) is 6.61 Å². The van der Waals surface area contributed by atoms with Gasteiger partial charge in [0.05, 0.1) is 6.61 Å². The van der Waals surface area contributed by atoms with Gasteiger partial charge in [-0.25, -0.2) is 4.57 Å². The lowest BCUT2D eigenvalue weighted by Gasteiger charge is -2.14. The van der Waals surface area contributed by atoms with Gasteiger partial charge in [0.2, 0.25) is 3.79 Å². The second-order valence-corrected chi connectivity index (χ2v) is 5.74. The van der Waals surface area contributed by atoms with Crippen molar-refractivity contribution in [2.75, 3.05) is 13.2 Å². The van der Waals surface area contributed by atoms with Gasteiger partial charge in [-0.05, 0) is 6.92 Å². The Morgan fingerprint density at radius 2 is 1.92 bits per heavy atom. The average Bonchev–Trinajstić information content (AvgIpc) is 1.83. The first kappa shape index (κ1) is 13.0. The summed E-state index contributed by atoms with van der Waals surface area (Å²) in [6.45, 7) is 1.10. The van der Waals surface area contributed by atoms with Crippen molar-refractivity contribution in [3.8, 4) is 0 Å². The van der Waals surface area contributed by atoms with Gasteiger partial charge in [0.1, 0.15) is 6.61 Å². The second kappa shape index (κ2) is 5.01. The summed E-state index contributed by atoms with van der Waals surface area (Å²) in [6, 6.07) is 0. The molecule has 74 valence electrons. The van der Waals surface area contributed by atoms with E-state index in [1.165, 1.54) is 0 Å². The number of hydrogen-bond acceptors (Lipinski definition) is 3. The molecule has 0 rings (SSSR count). The van der Waals surface area contributed by atoms with E-state index in [0.717, 1.165) is 0 Å². The van der Waals surface area contributed by atoms with Crippen molar-refractivity contribution in [1.82, 2.24) is 0 Å². The van der Waals surface area contributed by atoms with Crippen molar-refractivity contribution in [3.63, 3.8) is 0 Å². The van der Waals surface area contributed by atoms with Crippen molar-refractivity contribution in [2.45, 2.75) is 10.7 Å². The molecule has 0 aliphatic heterocycles. The molecule has 0 saturated heterocycles. The van der Waals surface area contributed by atoms with Gasteiger partial charge in [0.15, 0.2) is 0 Å². The second-order valence-electron chi connectivity index (χ2n) is 1.77. The van der Waals surface area contributed by atoms with Gasteiger partial charge in [0.25, 0.3) is 0 Å². The first-order valence-corrected chi connectivity index (χ1v) is 5.58. The molecule has 0 spiro atoms. The molecular weight excluding hydrogens is 249 g/mol. The Kier molecular flexibility index (Phi) is 5.42. The van der Waals surface area contributed by atoms with Crippen LogP contribution in [0.5, 0.6) is 0 Å². The summed E-state index contributed by atoms with van der Waals surface area (Å²) in [6.07, 6.45) is 0. The fraction of sp³-hybridized carbons (Fsp3) is 1.00. The average molecular weight is 257 g/mol. The van der Waals surface area contributed by atoms with Gasteiger partial charge in [-0.3, -0.25) is 9.05 Å². The molecule has 0 aromatic rings. The van der Waals surface area contributed by atoms with Crippen molar-refractivity contribution >= 4 is 42.6 Å². The Morgan fingerprint density at radius 3 is 2.25 bits per heavy atom. The number of phosphoric acid groups is 1. The molecule has 1 atom stereocenters. The molecule has 0 amide bonds. The monoisotopic (exact) mass is 256 g/mol. The molecule has 0 aliphatic rings. The highest BCUT2D eigenvalue weighted by atomic mass is 35.6. The Hall–Kier alpha value is 0.980. The van der Waals surface area contributed by atoms with E-state index in [4.69, 9.17) is 39.7 Å². The van der Waals surface area contributed by atoms with E-state index < -0.39 is 18.2 Å². The molecule has 1 N–H and O–H groups in total. The van der Waals surface area contributed by atoms with Gasteiger partial charge in [0, 0.05) is 0 Å². The van der Waals surface area contributed by atoms with Crippen LogP contribution in [-0.2, 0) is 13.6 Å². The zero-order valence-corrected chi connectivity index (χ0v) is 9.33. The van der Waals surface area contributed by atoms with Crippen LogP contribution in [0.3, 0.4) is 0 Å². The van der Waals surface area contributed by atoms with Crippen LogP contribution < -0.4 is 0 Å². The minimum absolute atomic E-state index is 0.0492. The first-order valence-electron chi connectivity index (χ1n) is 2.95. The molecule has 0 aromatic carbocycles. The third-order valence-electron chi connectivity index (χ3n) is 0.684. The van der Waals surface area contributed by atoms with Crippen molar-refractivity contribution < 1.29 is 18.5 Å². The first-order chi connectivity index (χ1) is 5.27. The SMILES string of the molecule is CCOP(=O)(O)OCC(Cl)(Cl)Cl. The molecule has 0 saturated carbocycles. The lowest BCUT2D eigenvalue weighted by Crippen LogP contribution is -2.12. The maximum absolute atomic E-state index is 10.8. The molecule has 0 aliphatic carbocycles. The highest BCUT2D eigenvalue weighted by molar-refractivity contribution is 7.47. The number of halogens is 3. The Bertz CT molecular complexity index is 180.